The van der Waals surface area contributed by atoms with Crippen LogP contribution in [0.3, 0.4) is 0 Å². The van der Waals surface area contributed by atoms with Crippen LogP contribution in [0.1, 0.15) is 45.8 Å². The van der Waals surface area contributed by atoms with Gasteiger partial charge in [-0.05, 0) is 52.0 Å². The maximum Gasteiger partial charge on any atom is 0.0782 e. The highest BCUT2D eigenvalue weighted by molar-refractivity contribution is 9.10. The van der Waals surface area contributed by atoms with Crippen LogP contribution in [0.15, 0.2) is 22.7 Å². The Bertz CT molecular complexity index is 419. The number of hydrogen-bond donors (Lipinski definition) is 1. The van der Waals surface area contributed by atoms with Crippen LogP contribution in [0.25, 0.3) is 0 Å². The lowest BCUT2D eigenvalue weighted by Gasteiger charge is -2.28. The Kier molecular flexibility index (Phi) is 8.30. The molecule has 1 aromatic carbocycles. The minimum absolute atomic E-state index is 0.440. The SMILES string of the molecule is CCN(CC)CCCN(CC)c1cc(Br)ccc1C(C)O. The Morgan fingerprint density at radius 2 is 1.76 bits per heavy atom. The van der Waals surface area contributed by atoms with Gasteiger partial charge in [0.2, 0.25) is 0 Å². The van der Waals surface area contributed by atoms with Gasteiger partial charge in [-0.1, -0.05) is 35.8 Å². The van der Waals surface area contributed by atoms with Crippen molar-refractivity contribution in [2.75, 3.05) is 37.6 Å². The third kappa shape index (κ3) is 5.61. The summed E-state index contributed by atoms with van der Waals surface area (Å²) in [5.41, 5.74) is 2.14. The van der Waals surface area contributed by atoms with Gasteiger partial charge < -0.3 is 14.9 Å². The Labute approximate surface area is 138 Å². The first-order chi connectivity index (χ1) is 10.0. The summed E-state index contributed by atoms with van der Waals surface area (Å²) in [6.07, 6.45) is 0.700. The van der Waals surface area contributed by atoms with Crippen LogP contribution in [-0.4, -0.2) is 42.7 Å². The molecular formula is C17H29BrN2O. The summed E-state index contributed by atoms with van der Waals surface area (Å²) >= 11 is 3.54. The molecule has 0 aliphatic heterocycles. The second-order valence-corrected chi connectivity index (χ2v) is 6.25. The fraction of sp³-hybridized carbons (Fsp3) is 0.647. The lowest BCUT2D eigenvalue weighted by atomic mass is 10.1. The van der Waals surface area contributed by atoms with Crippen molar-refractivity contribution in [2.45, 2.75) is 40.2 Å². The molecule has 0 fully saturated rings. The minimum Gasteiger partial charge on any atom is -0.389 e. The lowest BCUT2D eigenvalue weighted by Crippen LogP contribution is -2.30. The molecule has 1 aromatic rings. The van der Waals surface area contributed by atoms with Gasteiger partial charge in [0.1, 0.15) is 0 Å². The van der Waals surface area contributed by atoms with Crippen molar-refractivity contribution in [1.29, 1.82) is 0 Å². The van der Waals surface area contributed by atoms with Crippen LogP contribution in [-0.2, 0) is 0 Å². The normalized spacial score (nSPS) is 12.7. The van der Waals surface area contributed by atoms with Gasteiger partial charge >= 0.3 is 0 Å². The van der Waals surface area contributed by atoms with Crippen molar-refractivity contribution < 1.29 is 5.11 Å². The van der Waals surface area contributed by atoms with Crippen molar-refractivity contribution in [3.63, 3.8) is 0 Å². The van der Waals surface area contributed by atoms with E-state index in [1.807, 2.05) is 19.1 Å². The van der Waals surface area contributed by atoms with Crippen molar-refractivity contribution in [3.8, 4) is 0 Å². The van der Waals surface area contributed by atoms with E-state index in [4.69, 9.17) is 0 Å². The molecule has 0 aliphatic rings. The summed E-state index contributed by atoms with van der Waals surface area (Å²) in [4.78, 5) is 4.81. The summed E-state index contributed by atoms with van der Waals surface area (Å²) in [7, 11) is 0. The van der Waals surface area contributed by atoms with Crippen molar-refractivity contribution in [1.82, 2.24) is 4.90 Å². The van der Waals surface area contributed by atoms with Gasteiger partial charge in [-0.3, -0.25) is 0 Å². The molecule has 0 heterocycles. The molecule has 0 amide bonds. The molecule has 0 radical (unpaired) electrons. The van der Waals surface area contributed by atoms with E-state index in [1.54, 1.807) is 0 Å². The van der Waals surface area contributed by atoms with Crippen LogP contribution < -0.4 is 4.90 Å². The first-order valence-corrected chi connectivity index (χ1v) is 8.77. The van der Waals surface area contributed by atoms with Crippen LogP contribution in [0.4, 0.5) is 5.69 Å². The first kappa shape index (κ1) is 18.5. The number of halogens is 1. The molecule has 0 saturated heterocycles. The third-order valence-electron chi connectivity index (χ3n) is 3.96. The van der Waals surface area contributed by atoms with Gasteiger partial charge in [-0.15, -0.1) is 0 Å². The van der Waals surface area contributed by atoms with Crippen molar-refractivity contribution >= 4 is 21.6 Å². The molecule has 0 aliphatic carbocycles. The van der Waals surface area contributed by atoms with Crippen LogP contribution >= 0.6 is 15.9 Å². The quantitative estimate of drug-likeness (QED) is 0.722. The molecule has 0 saturated carbocycles. The lowest BCUT2D eigenvalue weighted by molar-refractivity contribution is 0.199. The van der Waals surface area contributed by atoms with E-state index in [0.29, 0.717) is 0 Å². The van der Waals surface area contributed by atoms with E-state index in [9.17, 15) is 5.11 Å². The summed E-state index contributed by atoms with van der Waals surface area (Å²) in [6.45, 7) is 13.7. The molecule has 0 aromatic heterocycles. The van der Waals surface area contributed by atoms with Gasteiger partial charge in [-0.2, -0.15) is 0 Å². The summed E-state index contributed by atoms with van der Waals surface area (Å²) < 4.78 is 1.06. The van der Waals surface area contributed by atoms with Crippen molar-refractivity contribution in [3.05, 3.63) is 28.2 Å². The number of aliphatic hydroxyl groups excluding tert-OH is 1. The number of hydrogen-bond acceptors (Lipinski definition) is 3. The van der Waals surface area contributed by atoms with Crippen LogP contribution in [0.5, 0.6) is 0 Å². The van der Waals surface area contributed by atoms with E-state index < -0.39 is 6.10 Å². The standard InChI is InChI=1S/C17H29BrN2O/c1-5-19(6-2)11-8-12-20(7-3)17-13-15(18)9-10-16(17)14(4)21/h9-10,13-14,21H,5-8,11-12H2,1-4H3. The maximum absolute atomic E-state index is 9.98. The van der Waals surface area contributed by atoms with E-state index in [1.165, 1.54) is 0 Å². The Morgan fingerprint density at radius 1 is 1.10 bits per heavy atom. The number of rotatable bonds is 9. The summed E-state index contributed by atoms with van der Waals surface area (Å²) in [6, 6.07) is 6.12. The van der Waals surface area contributed by atoms with Gasteiger partial charge in [0, 0.05) is 28.8 Å². The zero-order valence-electron chi connectivity index (χ0n) is 13.8. The van der Waals surface area contributed by atoms with Gasteiger partial charge in [0.25, 0.3) is 0 Å². The smallest absolute Gasteiger partial charge is 0.0782 e. The second kappa shape index (κ2) is 9.44. The van der Waals surface area contributed by atoms with E-state index >= 15 is 0 Å². The minimum atomic E-state index is -0.440. The fourth-order valence-corrected chi connectivity index (χ4v) is 2.97. The second-order valence-electron chi connectivity index (χ2n) is 5.34. The molecule has 120 valence electrons. The Hall–Kier alpha value is -0.580. The summed E-state index contributed by atoms with van der Waals surface area (Å²) in [5, 5.41) is 9.98. The summed E-state index contributed by atoms with van der Waals surface area (Å²) in [5.74, 6) is 0. The average Bonchev–Trinajstić information content (AvgIpc) is 2.47. The molecule has 3 nitrogen and oxygen atoms in total. The van der Waals surface area contributed by atoms with Gasteiger partial charge in [0.05, 0.1) is 6.10 Å². The van der Waals surface area contributed by atoms with Crippen molar-refractivity contribution in [2.24, 2.45) is 0 Å². The fourth-order valence-electron chi connectivity index (χ4n) is 2.62. The predicted octanol–water partition coefficient (Wildman–Crippen LogP) is 4.06. The molecular weight excluding hydrogens is 328 g/mol. The Morgan fingerprint density at radius 3 is 2.29 bits per heavy atom. The number of benzene rings is 1. The zero-order valence-corrected chi connectivity index (χ0v) is 15.4. The zero-order chi connectivity index (χ0) is 15.8. The molecule has 0 spiro atoms. The molecule has 1 N–H and O–H groups in total. The van der Waals surface area contributed by atoms with E-state index in [0.717, 1.165) is 54.9 Å². The highest BCUT2D eigenvalue weighted by atomic mass is 79.9. The monoisotopic (exact) mass is 356 g/mol. The number of anilines is 1. The topological polar surface area (TPSA) is 26.7 Å². The molecule has 4 heteroatoms. The Balaban J connectivity index is 2.77. The molecule has 0 bridgehead atoms. The molecule has 21 heavy (non-hydrogen) atoms. The first-order valence-electron chi connectivity index (χ1n) is 7.98. The average molecular weight is 357 g/mol. The highest BCUT2D eigenvalue weighted by Crippen LogP contribution is 2.29. The van der Waals surface area contributed by atoms with Crippen LogP contribution in [0, 0.1) is 0 Å². The van der Waals surface area contributed by atoms with Crippen LogP contribution in [0.2, 0.25) is 0 Å². The largest absolute Gasteiger partial charge is 0.389 e. The van der Waals surface area contributed by atoms with Gasteiger partial charge in [0.15, 0.2) is 0 Å². The maximum atomic E-state index is 9.98. The third-order valence-corrected chi connectivity index (χ3v) is 4.46. The molecule has 1 atom stereocenters. The molecule has 1 unspecified atom stereocenters. The predicted molar refractivity (Wildman–Crippen MR) is 95.1 cm³/mol. The van der Waals surface area contributed by atoms with E-state index in [-0.39, 0.29) is 0 Å². The highest BCUT2D eigenvalue weighted by Gasteiger charge is 2.14. The molecule has 1 rings (SSSR count). The van der Waals surface area contributed by atoms with E-state index in [2.05, 4.69) is 52.6 Å². The van der Waals surface area contributed by atoms with Gasteiger partial charge in [-0.25, -0.2) is 0 Å². The number of nitrogens with zero attached hydrogens (tertiary/aromatic N) is 2. The number of aliphatic hydroxyl groups is 1.